The summed E-state index contributed by atoms with van der Waals surface area (Å²) in [6, 6.07) is 9.13. The molecule has 0 aliphatic heterocycles. The number of nitrogens with zero attached hydrogens (tertiary/aromatic N) is 5. The van der Waals surface area contributed by atoms with Crippen molar-refractivity contribution in [2.45, 2.75) is 6.92 Å². The smallest absolute Gasteiger partial charge is 0.153 e. The SMILES string of the molecule is Cc1nnnn1-c1ccc(C#N)cc1. The minimum atomic E-state index is 0.625. The van der Waals surface area contributed by atoms with Gasteiger partial charge in [0.25, 0.3) is 0 Å². The highest BCUT2D eigenvalue weighted by atomic mass is 15.5. The maximum absolute atomic E-state index is 8.62. The first-order valence-corrected chi connectivity index (χ1v) is 4.07. The molecule has 1 heterocycles. The van der Waals surface area contributed by atoms with E-state index in [1.807, 2.05) is 19.1 Å². The molecule has 0 bridgehead atoms. The summed E-state index contributed by atoms with van der Waals surface area (Å²) >= 11 is 0. The van der Waals surface area contributed by atoms with E-state index in [1.165, 1.54) is 0 Å². The summed E-state index contributed by atoms with van der Waals surface area (Å²) in [6.45, 7) is 1.82. The standard InChI is InChI=1S/C9H7N5/c1-7-11-12-13-14(7)9-4-2-8(6-10)3-5-9/h2-5H,1H3. The van der Waals surface area contributed by atoms with Crippen molar-refractivity contribution >= 4 is 0 Å². The molecule has 0 atom stereocenters. The van der Waals surface area contributed by atoms with E-state index < -0.39 is 0 Å². The first-order valence-electron chi connectivity index (χ1n) is 4.07. The Kier molecular flexibility index (Phi) is 1.95. The average Bonchev–Trinajstić information content (AvgIpc) is 2.65. The van der Waals surface area contributed by atoms with Gasteiger partial charge in [0, 0.05) is 0 Å². The van der Waals surface area contributed by atoms with Gasteiger partial charge in [-0.25, -0.2) is 0 Å². The van der Waals surface area contributed by atoms with Crippen LogP contribution in [0.1, 0.15) is 11.4 Å². The van der Waals surface area contributed by atoms with Gasteiger partial charge in [0.2, 0.25) is 0 Å². The van der Waals surface area contributed by atoms with Crippen LogP contribution >= 0.6 is 0 Å². The van der Waals surface area contributed by atoms with Gasteiger partial charge in [-0.05, 0) is 41.6 Å². The normalized spacial score (nSPS) is 9.71. The first kappa shape index (κ1) is 8.38. The molecule has 5 heteroatoms. The number of nitriles is 1. The number of rotatable bonds is 1. The Labute approximate surface area is 80.6 Å². The monoisotopic (exact) mass is 185 g/mol. The molecule has 2 rings (SSSR count). The van der Waals surface area contributed by atoms with Gasteiger partial charge in [-0.2, -0.15) is 9.94 Å². The average molecular weight is 185 g/mol. The number of aromatic nitrogens is 4. The van der Waals surface area contributed by atoms with Crippen molar-refractivity contribution in [1.82, 2.24) is 20.2 Å². The molecule has 0 radical (unpaired) electrons. The van der Waals surface area contributed by atoms with Crippen molar-refractivity contribution in [3.05, 3.63) is 35.7 Å². The largest absolute Gasteiger partial charge is 0.198 e. The Bertz CT molecular complexity index is 477. The fourth-order valence-corrected chi connectivity index (χ4v) is 1.15. The lowest BCUT2D eigenvalue weighted by atomic mass is 10.2. The van der Waals surface area contributed by atoms with Crippen molar-refractivity contribution < 1.29 is 0 Å². The van der Waals surface area contributed by atoms with Crippen molar-refractivity contribution in [1.29, 1.82) is 5.26 Å². The molecule has 68 valence electrons. The molecular weight excluding hydrogens is 178 g/mol. The van der Waals surface area contributed by atoms with Crippen LogP contribution in [-0.2, 0) is 0 Å². The van der Waals surface area contributed by atoms with Crippen molar-refractivity contribution in [3.8, 4) is 11.8 Å². The molecule has 0 saturated carbocycles. The number of benzene rings is 1. The number of tetrazole rings is 1. The molecule has 1 aromatic heterocycles. The zero-order chi connectivity index (χ0) is 9.97. The van der Waals surface area contributed by atoms with E-state index in [1.54, 1.807) is 16.8 Å². The van der Waals surface area contributed by atoms with Gasteiger partial charge < -0.3 is 0 Å². The number of hydrogen-bond donors (Lipinski definition) is 0. The summed E-state index contributed by atoms with van der Waals surface area (Å²) in [4.78, 5) is 0. The number of aryl methyl sites for hydroxylation is 1. The minimum absolute atomic E-state index is 0.625. The van der Waals surface area contributed by atoms with Crippen LogP contribution in [0.4, 0.5) is 0 Å². The van der Waals surface area contributed by atoms with Crippen molar-refractivity contribution in [2.75, 3.05) is 0 Å². The maximum atomic E-state index is 8.62. The molecule has 0 aliphatic rings. The fourth-order valence-electron chi connectivity index (χ4n) is 1.15. The van der Waals surface area contributed by atoms with E-state index >= 15 is 0 Å². The quantitative estimate of drug-likeness (QED) is 0.660. The molecule has 5 nitrogen and oxygen atoms in total. The highest BCUT2D eigenvalue weighted by Gasteiger charge is 2.02. The molecule has 14 heavy (non-hydrogen) atoms. The zero-order valence-electron chi connectivity index (χ0n) is 7.55. The van der Waals surface area contributed by atoms with Crippen molar-refractivity contribution in [3.63, 3.8) is 0 Å². The summed E-state index contributed by atoms with van der Waals surface area (Å²) in [6.07, 6.45) is 0. The summed E-state index contributed by atoms with van der Waals surface area (Å²) in [7, 11) is 0. The second kappa shape index (κ2) is 3.26. The molecular formula is C9H7N5. The van der Waals surface area contributed by atoms with E-state index in [2.05, 4.69) is 21.6 Å². The lowest BCUT2D eigenvalue weighted by molar-refractivity contribution is 0.779. The Morgan fingerprint density at radius 2 is 2.00 bits per heavy atom. The summed E-state index contributed by atoms with van der Waals surface area (Å²) < 4.78 is 1.61. The van der Waals surface area contributed by atoms with Gasteiger partial charge in [0.15, 0.2) is 5.82 Å². The van der Waals surface area contributed by atoms with Crippen molar-refractivity contribution in [2.24, 2.45) is 0 Å². The maximum Gasteiger partial charge on any atom is 0.153 e. The van der Waals surface area contributed by atoms with Gasteiger partial charge >= 0.3 is 0 Å². The summed E-state index contributed by atoms with van der Waals surface area (Å²) in [5.41, 5.74) is 1.48. The van der Waals surface area contributed by atoms with Crippen LogP contribution in [0.2, 0.25) is 0 Å². The van der Waals surface area contributed by atoms with Gasteiger partial charge in [-0.15, -0.1) is 5.10 Å². The topological polar surface area (TPSA) is 67.4 Å². The Hall–Kier alpha value is -2.22. The molecule has 0 amide bonds. The van der Waals surface area contributed by atoms with Crippen LogP contribution in [0.3, 0.4) is 0 Å². The molecule has 0 N–H and O–H groups in total. The first-order chi connectivity index (χ1) is 6.81. The van der Waals surface area contributed by atoms with Gasteiger partial charge in [-0.3, -0.25) is 0 Å². The lowest BCUT2D eigenvalue weighted by Crippen LogP contribution is -1.98. The molecule has 0 fully saturated rings. The van der Waals surface area contributed by atoms with Gasteiger partial charge in [0.1, 0.15) is 0 Å². The van der Waals surface area contributed by atoms with Crippen LogP contribution in [-0.4, -0.2) is 20.2 Å². The van der Waals surface area contributed by atoms with Crippen LogP contribution in [0.5, 0.6) is 0 Å². The van der Waals surface area contributed by atoms with Crippen LogP contribution in [0.25, 0.3) is 5.69 Å². The van der Waals surface area contributed by atoms with Gasteiger partial charge in [0.05, 0.1) is 17.3 Å². The zero-order valence-corrected chi connectivity index (χ0v) is 7.55. The third-order valence-corrected chi connectivity index (χ3v) is 1.87. The third kappa shape index (κ3) is 1.33. The Balaban J connectivity index is 2.45. The highest BCUT2D eigenvalue weighted by molar-refractivity contribution is 5.38. The predicted octanol–water partition coefficient (Wildman–Crippen LogP) is 0.842. The van der Waals surface area contributed by atoms with E-state index in [0.717, 1.165) is 11.5 Å². The fraction of sp³-hybridized carbons (Fsp3) is 0.111. The summed E-state index contributed by atoms with van der Waals surface area (Å²) in [5.74, 6) is 0.717. The Morgan fingerprint density at radius 1 is 1.29 bits per heavy atom. The highest BCUT2D eigenvalue weighted by Crippen LogP contribution is 2.08. The van der Waals surface area contributed by atoms with Gasteiger partial charge in [-0.1, -0.05) is 0 Å². The lowest BCUT2D eigenvalue weighted by Gasteiger charge is -2.00. The van der Waals surface area contributed by atoms with E-state index in [9.17, 15) is 0 Å². The molecule has 0 aliphatic carbocycles. The predicted molar refractivity (Wildman–Crippen MR) is 48.6 cm³/mol. The minimum Gasteiger partial charge on any atom is -0.198 e. The summed E-state index contributed by atoms with van der Waals surface area (Å²) in [5, 5.41) is 19.7. The Morgan fingerprint density at radius 3 is 2.50 bits per heavy atom. The van der Waals surface area contributed by atoms with E-state index in [-0.39, 0.29) is 0 Å². The van der Waals surface area contributed by atoms with E-state index in [4.69, 9.17) is 5.26 Å². The molecule has 1 aromatic carbocycles. The molecule has 0 spiro atoms. The van der Waals surface area contributed by atoms with Crippen LogP contribution in [0, 0.1) is 18.3 Å². The molecule has 0 saturated heterocycles. The third-order valence-electron chi connectivity index (χ3n) is 1.87. The second-order valence-electron chi connectivity index (χ2n) is 2.80. The van der Waals surface area contributed by atoms with Crippen LogP contribution in [0.15, 0.2) is 24.3 Å². The molecule has 0 unspecified atom stereocenters. The van der Waals surface area contributed by atoms with Crippen LogP contribution < -0.4 is 0 Å². The second-order valence-corrected chi connectivity index (χ2v) is 2.80. The van der Waals surface area contributed by atoms with E-state index in [0.29, 0.717) is 5.56 Å². The number of hydrogen-bond acceptors (Lipinski definition) is 4. The molecule has 2 aromatic rings.